The Bertz CT molecular complexity index is 1140. The Balaban J connectivity index is 1.71. The molecule has 29 heavy (non-hydrogen) atoms. The van der Waals surface area contributed by atoms with Gasteiger partial charge in [0.25, 0.3) is 0 Å². The van der Waals surface area contributed by atoms with E-state index in [9.17, 15) is 4.39 Å². The summed E-state index contributed by atoms with van der Waals surface area (Å²) in [4.78, 5) is 4.31. The summed E-state index contributed by atoms with van der Waals surface area (Å²) in [5.41, 5.74) is 8.16. The van der Waals surface area contributed by atoms with E-state index in [4.69, 9.17) is 22.7 Å². The number of guanidine groups is 1. The molecule has 0 spiro atoms. The lowest BCUT2D eigenvalue weighted by Gasteiger charge is -2.16. The lowest BCUT2D eigenvalue weighted by Crippen LogP contribution is -2.39. The zero-order valence-electron chi connectivity index (χ0n) is 15.4. The van der Waals surface area contributed by atoms with Gasteiger partial charge in [0.05, 0.1) is 23.3 Å². The number of halogens is 2. The van der Waals surface area contributed by atoms with Crippen molar-refractivity contribution in [1.29, 1.82) is 5.41 Å². The normalized spacial score (nSPS) is 13.7. The third-order valence-corrected chi connectivity index (χ3v) is 4.87. The Kier molecular flexibility index (Phi) is 5.18. The maximum Gasteiger partial charge on any atom is 0.209 e. The average Bonchev–Trinajstić information content (AvgIpc) is 3.35. The van der Waals surface area contributed by atoms with Crippen molar-refractivity contribution in [3.05, 3.63) is 65.1 Å². The number of hydrogen-bond acceptors (Lipinski definition) is 4. The van der Waals surface area contributed by atoms with Crippen LogP contribution in [0.15, 0.2) is 58.8 Å². The van der Waals surface area contributed by atoms with Crippen LogP contribution >= 0.6 is 11.6 Å². The van der Waals surface area contributed by atoms with Crippen molar-refractivity contribution in [1.82, 2.24) is 14.9 Å². The summed E-state index contributed by atoms with van der Waals surface area (Å²) in [6, 6.07) is 12.4. The fourth-order valence-electron chi connectivity index (χ4n) is 3.17. The molecule has 2 heterocycles. The van der Waals surface area contributed by atoms with E-state index < -0.39 is 5.82 Å². The smallest absolute Gasteiger partial charge is 0.209 e. The van der Waals surface area contributed by atoms with Gasteiger partial charge in [-0.05, 0) is 24.3 Å². The summed E-state index contributed by atoms with van der Waals surface area (Å²) in [6.45, 7) is 1.79. The summed E-state index contributed by atoms with van der Waals surface area (Å²) in [5, 5.41) is 17.7. The predicted molar refractivity (Wildman–Crippen MR) is 115 cm³/mol. The van der Waals surface area contributed by atoms with Crippen LogP contribution < -0.4 is 11.1 Å². The van der Waals surface area contributed by atoms with Crippen molar-refractivity contribution in [2.24, 2.45) is 15.8 Å². The summed E-state index contributed by atoms with van der Waals surface area (Å²) >= 11 is 5.96. The molecule has 0 atom stereocenters. The molecule has 0 saturated carbocycles. The van der Waals surface area contributed by atoms with E-state index in [1.165, 1.54) is 11.1 Å². The minimum atomic E-state index is -0.464. The Morgan fingerprint density at radius 2 is 2.21 bits per heavy atom. The molecule has 1 aliphatic heterocycles. The van der Waals surface area contributed by atoms with Crippen LogP contribution in [0.3, 0.4) is 0 Å². The molecule has 1 aromatic heterocycles. The first kappa shape index (κ1) is 18.9. The monoisotopic (exact) mass is 411 g/mol. The van der Waals surface area contributed by atoms with E-state index in [-0.39, 0.29) is 11.0 Å². The lowest BCUT2D eigenvalue weighted by molar-refractivity contribution is 0.497. The topological polar surface area (TPSA) is 94.8 Å². The van der Waals surface area contributed by atoms with Crippen LogP contribution in [0.2, 0.25) is 5.02 Å². The number of rotatable bonds is 5. The molecule has 0 unspecified atom stereocenters. The van der Waals surface area contributed by atoms with Gasteiger partial charge in [0.1, 0.15) is 18.2 Å². The summed E-state index contributed by atoms with van der Waals surface area (Å²) in [7, 11) is 0. The Morgan fingerprint density at radius 3 is 2.93 bits per heavy atom. The van der Waals surface area contributed by atoms with E-state index in [0.29, 0.717) is 13.1 Å². The zero-order chi connectivity index (χ0) is 20.4. The number of aromatic nitrogens is 1. The number of hydrogen-bond donors (Lipinski definition) is 3. The molecule has 1 aliphatic rings. The lowest BCUT2D eigenvalue weighted by atomic mass is 10.2. The van der Waals surface area contributed by atoms with Gasteiger partial charge in [-0.15, -0.1) is 0 Å². The number of nitrogens with zero attached hydrogens (tertiary/aromatic N) is 4. The standard InChI is InChI=1S/C20H19ClFN7/c21-16-9-14(5-6-17(16)22)28-11-13(15-3-1-2-4-18(15)28)10-27-29(20(23)24)12-19-25-7-8-26-19/h1-6,9-11H,7-8,12H2,(H3,23,24)(H,25,26)/b27-10+. The second-order valence-electron chi connectivity index (χ2n) is 6.51. The molecular formula is C20H19ClFN7. The first-order valence-corrected chi connectivity index (χ1v) is 9.39. The van der Waals surface area contributed by atoms with Crippen molar-refractivity contribution >= 4 is 40.5 Å². The molecule has 0 saturated heterocycles. The Morgan fingerprint density at radius 1 is 1.38 bits per heavy atom. The highest BCUT2D eigenvalue weighted by atomic mass is 35.5. The molecule has 148 valence electrons. The van der Waals surface area contributed by atoms with Crippen LogP contribution in [-0.4, -0.2) is 47.2 Å². The second-order valence-corrected chi connectivity index (χ2v) is 6.92. The molecule has 4 N–H and O–H groups in total. The third-order valence-electron chi connectivity index (χ3n) is 4.58. The minimum absolute atomic E-state index is 0.0584. The number of hydrazone groups is 1. The van der Waals surface area contributed by atoms with Crippen LogP contribution in [0, 0.1) is 11.2 Å². The molecule has 0 radical (unpaired) electrons. The van der Waals surface area contributed by atoms with Crippen molar-refractivity contribution in [3.8, 4) is 5.69 Å². The molecule has 7 nitrogen and oxygen atoms in total. The number of benzene rings is 2. The molecule has 0 bridgehead atoms. The molecule has 0 amide bonds. The largest absolute Gasteiger partial charge is 0.370 e. The van der Waals surface area contributed by atoms with Gasteiger partial charge in [-0.25, -0.2) is 9.40 Å². The molecule has 0 aliphatic carbocycles. The first-order valence-electron chi connectivity index (χ1n) is 9.01. The van der Waals surface area contributed by atoms with Gasteiger partial charge in [-0.1, -0.05) is 29.8 Å². The van der Waals surface area contributed by atoms with E-state index >= 15 is 0 Å². The van der Waals surface area contributed by atoms with Crippen molar-refractivity contribution < 1.29 is 4.39 Å². The van der Waals surface area contributed by atoms with Crippen LogP contribution in [-0.2, 0) is 0 Å². The number of nitrogens with one attached hydrogen (secondary N) is 2. The SMILES string of the molecule is N=C(N)N(CC1=NCCN1)/N=C/c1cn(-c2ccc(F)c(Cl)c2)c2ccccc12. The predicted octanol–water partition coefficient (Wildman–Crippen LogP) is 2.95. The van der Waals surface area contributed by atoms with Crippen molar-refractivity contribution in [2.75, 3.05) is 19.6 Å². The van der Waals surface area contributed by atoms with Crippen LogP contribution in [0.5, 0.6) is 0 Å². The van der Waals surface area contributed by atoms with Gasteiger partial charge >= 0.3 is 0 Å². The van der Waals surface area contributed by atoms with Gasteiger partial charge in [0.2, 0.25) is 5.96 Å². The van der Waals surface area contributed by atoms with Gasteiger partial charge in [-0.3, -0.25) is 10.4 Å². The second kappa shape index (κ2) is 7.92. The highest BCUT2D eigenvalue weighted by molar-refractivity contribution is 6.30. The van der Waals surface area contributed by atoms with Crippen molar-refractivity contribution in [3.63, 3.8) is 0 Å². The Labute approximate surface area is 171 Å². The third kappa shape index (κ3) is 3.93. The van der Waals surface area contributed by atoms with E-state index in [1.54, 1.807) is 18.3 Å². The molecule has 3 aromatic rings. The highest BCUT2D eigenvalue weighted by Gasteiger charge is 2.13. The minimum Gasteiger partial charge on any atom is -0.370 e. The summed E-state index contributed by atoms with van der Waals surface area (Å²) in [6.07, 6.45) is 3.54. The maximum atomic E-state index is 13.6. The van der Waals surface area contributed by atoms with Gasteiger partial charge in [-0.2, -0.15) is 5.10 Å². The zero-order valence-corrected chi connectivity index (χ0v) is 16.2. The molecule has 2 aromatic carbocycles. The fourth-order valence-corrected chi connectivity index (χ4v) is 3.35. The van der Waals surface area contributed by atoms with Crippen LogP contribution in [0.4, 0.5) is 4.39 Å². The first-order chi connectivity index (χ1) is 14.0. The quantitative estimate of drug-likeness (QED) is 0.342. The molecule has 4 rings (SSSR count). The highest BCUT2D eigenvalue weighted by Crippen LogP contribution is 2.26. The molecule has 9 heteroatoms. The number of aliphatic imine (C=N–C) groups is 1. The molecular weight excluding hydrogens is 393 g/mol. The van der Waals surface area contributed by atoms with E-state index in [1.807, 2.05) is 35.0 Å². The number of amidine groups is 1. The summed E-state index contributed by atoms with van der Waals surface area (Å²) in [5.74, 6) is 0.113. The number of nitrogens with two attached hydrogens (primary N) is 1. The number of para-hydroxylation sites is 1. The van der Waals surface area contributed by atoms with Crippen LogP contribution in [0.25, 0.3) is 16.6 Å². The van der Waals surface area contributed by atoms with Gasteiger partial charge < -0.3 is 15.6 Å². The maximum absolute atomic E-state index is 13.6. The van der Waals surface area contributed by atoms with Crippen LogP contribution in [0.1, 0.15) is 5.56 Å². The van der Waals surface area contributed by atoms with E-state index in [0.717, 1.165) is 34.5 Å². The average molecular weight is 412 g/mol. The fraction of sp³-hybridized carbons (Fsp3) is 0.150. The number of fused-ring (bicyclic) bond motifs is 1. The van der Waals surface area contributed by atoms with Crippen molar-refractivity contribution in [2.45, 2.75) is 0 Å². The van der Waals surface area contributed by atoms with Gasteiger partial charge in [0.15, 0.2) is 0 Å². The van der Waals surface area contributed by atoms with Gasteiger partial charge in [0, 0.05) is 29.4 Å². The molecule has 0 fully saturated rings. The van der Waals surface area contributed by atoms with E-state index in [2.05, 4.69) is 15.4 Å². The Hall–Kier alpha value is -3.39. The summed E-state index contributed by atoms with van der Waals surface area (Å²) < 4.78 is 15.5.